The molecule has 19 heavy (non-hydrogen) atoms. The Bertz CT molecular complexity index is 550. The molecule has 4 nitrogen and oxygen atoms in total. The monoisotopic (exact) mass is 288 g/mol. The van der Waals surface area contributed by atoms with Crippen molar-refractivity contribution in [2.24, 2.45) is 0 Å². The Kier molecular flexibility index (Phi) is 3.61. The van der Waals surface area contributed by atoms with Crippen LogP contribution in [0.2, 0.25) is 0 Å². The van der Waals surface area contributed by atoms with Crippen LogP contribution < -0.4 is 10.6 Å². The summed E-state index contributed by atoms with van der Waals surface area (Å²) >= 11 is 0.524. The van der Waals surface area contributed by atoms with Crippen LogP contribution in [0.3, 0.4) is 0 Å². The highest BCUT2D eigenvalue weighted by Crippen LogP contribution is 2.34. The van der Waals surface area contributed by atoms with Crippen LogP contribution in [0.1, 0.15) is 10.6 Å². The van der Waals surface area contributed by atoms with E-state index in [0.717, 1.165) is 5.56 Å². The van der Waals surface area contributed by atoms with Crippen molar-refractivity contribution in [3.05, 3.63) is 34.8 Å². The van der Waals surface area contributed by atoms with Gasteiger partial charge in [0.25, 0.3) is 0 Å². The topological polar surface area (TPSA) is 55.0 Å². The highest BCUT2D eigenvalue weighted by molar-refractivity contribution is 7.15. The number of nitrogen functional groups attached to an aromatic ring is 1. The van der Waals surface area contributed by atoms with Gasteiger partial charge in [-0.1, -0.05) is 23.5 Å². The molecule has 0 saturated carbocycles. The predicted octanol–water partition coefficient (Wildman–Crippen LogP) is 2.78. The zero-order valence-electron chi connectivity index (χ0n) is 9.98. The summed E-state index contributed by atoms with van der Waals surface area (Å²) in [6.45, 7) is 0.437. The van der Waals surface area contributed by atoms with Crippen LogP contribution in [0, 0.1) is 0 Å². The molecule has 8 heteroatoms. The van der Waals surface area contributed by atoms with Crippen molar-refractivity contribution >= 4 is 22.2 Å². The van der Waals surface area contributed by atoms with E-state index in [2.05, 4.69) is 10.2 Å². The summed E-state index contributed by atoms with van der Waals surface area (Å²) in [5, 5.41) is 5.98. The van der Waals surface area contributed by atoms with Gasteiger partial charge in [-0.05, 0) is 17.7 Å². The lowest BCUT2D eigenvalue weighted by Gasteiger charge is -2.14. The molecule has 0 bridgehead atoms. The molecule has 0 radical (unpaired) electrons. The Hall–Kier alpha value is -1.83. The minimum Gasteiger partial charge on any atom is -0.399 e. The summed E-state index contributed by atoms with van der Waals surface area (Å²) in [4.78, 5) is 1.61. The molecule has 0 spiro atoms. The van der Waals surface area contributed by atoms with Gasteiger partial charge in [-0.2, -0.15) is 13.2 Å². The van der Waals surface area contributed by atoms with Crippen LogP contribution in [0.25, 0.3) is 0 Å². The first-order chi connectivity index (χ1) is 8.86. The van der Waals surface area contributed by atoms with E-state index in [0.29, 0.717) is 23.6 Å². The largest absolute Gasteiger partial charge is 0.445 e. The van der Waals surface area contributed by atoms with Crippen LogP contribution in [-0.2, 0) is 12.7 Å². The van der Waals surface area contributed by atoms with Gasteiger partial charge in [0.15, 0.2) is 0 Å². The molecular formula is C11H11F3N4S. The van der Waals surface area contributed by atoms with E-state index < -0.39 is 11.2 Å². The average Bonchev–Trinajstić information content (AvgIpc) is 2.81. The number of halogens is 3. The molecule has 1 aromatic heterocycles. The first-order valence-electron chi connectivity index (χ1n) is 5.32. The fourth-order valence-corrected chi connectivity index (χ4v) is 2.12. The van der Waals surface area contributed by atoms with Crippen LogP contribution in [0.4, 0.5) is 24.0 Å². The van der Waals surface area contributed by atoms with E-state index in [1.165, 1.54) is 0 Å². The van der Waals surface area contributed by atoms with Crippen molar-refractivity contribution in [3.63, 3.8) is 0 Å². The second-order valence-electron chi connectivity index (χ2n) is 3.99. The van der Waals surface area contributed by atoms with Crippen LogP contribution >= 0.6 is 11.3 Å². The molecule has 2 N–H and O–H groups in total. The second kappa shape index (κ2) is 5.04. The van der Waals surface area contributed by atoms with Gasteiger partial charge in [0.1, 0.15) is 0 Å². The molecule has 0 amide bonds. The van der Waals surface area contributed by atoms with Gasteiger partial charge in [-0.25, -0.2) is 0 Å². The molecule has 1 heterocycles. The van der Waals surface area contributed by atoms with Crippen molar-refractivity contribution < 1.29 is 13.2 Å². The molecule has 0 saturated heterocycles. The highest BCUT2D eigenvalue weighted by atomic mass is 32.1. The number of hydrogen-bond donors (Lipinski definition) is 1. The third-order valence-electron chi connectivity index (χ3n) is 2.38. The number of hydrogen-bond acceptors (Lipinski definition) is 5. The number of nitrogens with zero attached hydrogens (tertiary/aromatic N) is 3. The summed E-state index contributed by atoms with van der Waals surface area (Å²) in [7, 11) is 1.66. The third kappa shape index (κ3) is 3.34. The lowest BCUT2D eigenvalue weighted by atomic mass is 10.2. The lowest BCUT2D eigenvalue weighted by molar-refractivity contribution is -0.138. The summed E-state index contributed by atoms with van der Waals surface area (Å²) in [6, 6.07) is 7.11. The Morgan fingerprint density at radius 3 is 2.37 bits per heavy atom. The van der Waals surface area contributed by atoms with Gasteiger partial charge in [-0.3, -0.25) is 0 Å². The number of aromatic nitrogens is 2. The van der Waals surface area contributed by atoms with Gasteiger partial charge in [0, 0.05) is 19.3 Å². The quantitative estimate of drug-likeness (QED) is 0.882. The van der Waals surface area contributed by atoms with Crippen LogP contribution in [-0.4, -0.2) is 17.2 Å². The molecule has 2 rings (SSSR count). The Balaban J connectivity index is 2.09. The van der Waals surface area contributed by atoms with Gasteiger partial charge in [-0.15, -0.1) is 10.2 Å². The summed E-state index contributed by atoms with van der Waals surface area (Å²) in [6.07, 6.45) is -4.45. The maximum Gasteiger partial charge on any atom is 0.445 e. The number of benzene rings is 1. The van der Waals surface area contributed by atoms with E-state index in [1.807, 2.05) is 12.1 Å². The standard InChI is InChI=1S/C11H11F3N4S/c1-18(6-7-2-4-8(15)5-3-7)10-17-16-9(19-10)11(12,13)14/h2-5H,6,15H2,1H3. The van der Waals surface area contributed by atoms with E-state index in [9.17, 15) is 13.2 Å². The number of nitrogens with two attached hydrogens (primary N) is 1. The van der Waals surface area contributed by atoms with Gasteiger partial charge < -0.3 is 10.6 Å². The lowest BCUT2D eigenvalue weighted by Crippen LogP contribution is -2.16. The molecule has 0 fully saturated rings. The van der Waals surface area contributed by atoms with Crippen LogP contribution in [0.15, 0.2) is 24.3 Å². The minimum atomic E-state index is -4.45. The summed E-state index contributed by atoms with van der Waals surface area (Å²) in [5.41, 5.74) is 7.13. The Morgan fingerprint density at radius 2 is 1.84 bits per heavy atom. The summed E-state index contributed by atoms with van der Waals surface area (Å²) in [5.74, 6) is 0. The predicted molar refractivity (Wildman–Crippen MR) is 67.9 cm³/mol. The van der Waals surface area contributed by atoms with Crippen molar-refractivity contribution in [2.45, 2.75) is 12.7 Å². The van der Waals surface area contributed by atoms with E-state index in [1.54, 1.807) is 24.1 Å². The molecule has 0 unspecified atom stereocenters. The molecular weight excluding hydrogens is 277 g/mol. The van der Waals surface area contributed by atoms with Crippen molar-refractivity contribution in [2.75, 3.05) is 17.7 Å². The van der Waals surface area contributed by atoms with Crippen molar-refractivity contribution in [3.8, 4) is 0 Å². The van der Waals surface area contributed by atoms with E-state index >= 15 is 0 Å². The fraction of sp³-hybridized carbons (Fsp3) is 0.273. The normalized spacial score (nSPS) is 11.6. The van der Waals surface area contributed by atoms with E-state index in [4.69, 9.17) is 5.73 Å². The fourth-order valence-electron chi connectivity index (χ4n) is 1.45. The highest BCUT2D eigenvalue weighted by Gasteiger charge is 2.36. The zero-order valence-corrected chi connectivity index (χ0v) is 10.8. The molecule has 2 aromatic rings. The third-order valence-corrected chi connectivity index (χ3v) is 3.47. The number of alkyl halides is 3. The SMILES string of the molecule is CN(Cc1ccc(N)cc1)c1nnc(C(F)(F)F)s1. The first kappa shape index (κ1) is 13.6. The first-order valence-corrected chi connectivity index (χ1v) is 6.14. The zero-order chi connectivity index (χ0) is 14.0. The number of anilines is 2. The van der Waals surface area contributed by atoms with Crippen molar-refractivity contribution in [1.29, 1.82) is 0 Å². The van der Waals surface area contributed by atoms with Crippen LogP contribution in [0.5, 0.6) is 0 Å². The molecule has 102 valence electrons. The maximum absolute atomic E-state index is 12.4. The van der Waals surface area contributed by atoms with E-state index in [-0.39, 0.29) is 5.13 Å². The smallest absolute Gasteiger partial charge is 0.399 e. The number of rotatable bonds is 3. The summed E-state index contributed by atoms with van der Waals surface area (Å²) < 4.78 is 37.2. The molecule has 0 atom stereocenters. The van der Waals surface area contributed by atoms with Crippen molar-refractivity contribution in [1.82, 2.24) is 10.2 Å². The van der Waals surface area contributed by atoms with Gasteiger partial charge in [0.2, 0.25) is 10.1 Å². The average molecular weight is 288 g/mol. The maximum atomic E-state index is 12.4. The van der Waals surface area contributed by atoms with Gasteiger partial charge in [0.05, 0.1) is 0 Å². The molecule has 0 aliphatic heterocycles. The van der Waals surface area contributed by atoms with Gasteiger partial charge >= 0.3 is 6.18 Å². The Morgan fingerprint density at radius 1 is 1.21 bits per heavy atom. The minimum absolute atomic E-state index is 0.226. The Labute approximate surface area is 111 Å². The molecule has 0 aliphatic carbocycles. The molecule has 0 aliphatic rings. The second-order valence-corrected chi connectivity index (χ2v) is 4.94. The molecule has 1 aromatic carbocycles.